The second-order valence-electron chi connectivity index (χ2n) is 5.81. The molecule has 3 rings (SSSR count). The van der Waals surface area contributed by atoms with Gasteiger partial charge in [-0.3, -0.25) is 4.79 Å². The highest BCUT2D eigenvalue weighted by atomic mass is 32.1. The number of anilines is 1. The Morgan fingerprint density at radius 3 is 2.87 bits per heavy atom. The summed E-state index contributed by atoms with van der Waals surface area (Å²) in [5.41, 5.74) is 8.12. The van der Waals surface area contributed by atoms with Crippen LogP contribution in [-0.2, 0) is 0 Å². The van der Waals surface area contributed by atoms with E-state index in [1.54, 1.807) is 7.11 Å². The maximum absolute atomic E-state index is 12.5. The minimum absolute atomic E-state index is 0.110. The van der Waals surface area contributed by atoms with Gasteiger partial charge in [-0.15, -0.1) is 0 Å². The molecule has 1 fully saturated rings. The molecule has 1 aromatic carbocycles. The average molecular weight is 331 g/mol. The molecule has 0 bridgehead atoms. The summed E-state index contributed by atoms with van der Waals surface area (Å²) >= 11 is 1.15. The van der Waals surface area contributed by atoms with Crippen LogP contribution in [0.15, 0.2) is 24.3 Å². The van der Waals surface area contributed by atoms with E-state index in [1.165, 1.54) is 19.3 Å². The van der Waals surface area contributed by atoms with E-state index in [0.29, 0.717) is 16.3 Å². The van der Waals surface area contributed by atoms with Crippen molar-refractivity contribution in [3.63, 3.8) is 0 Å². The zero-order valence-electron chi connectivity index (χ0n) is 13.2. The third-order valence-corrected chi connectivity index (χ3v) is 5.08. The predicted octanol–water partition coefficient (Wildman–Crippen LogP) is 3.46. The number of nitrogens with two attached hydrogens (primary N) is 1. The number of methoxy groups -OCH3 is 1. The number of nitrogens with zero attached hydrogens (tertiary/aromatic N) is 1. The molecule has 1 heterocycles. The van der Waals surface area contributed by atoms with Crippen molar-refractivity contribution >= 4 is 23.1 Å². The number of hydrogen-bond donors (Lipinski definition) is 2. The van der Waals surface area contributed by atoms with Crippen molar-refractivity contribution in [2.24, 2.45) is 0 Å². The number of nitrogen functional groups attached to an aromatic ring is 1. The van der Waals surface area contributed by atoms with Crippen LogP contribution < -0.4 is 15.8 Å². The summed E-state index contributed by atoms with van der Waals surface area (Å²) in [6, 6.07) is 7.79. The molecular weight excluding hydrogens is 310 g/mol. The van der Waals surface area contributed by atoms with Crippen LogP contribution in [0.1, 0.15) is 41.8 Å². The minimum atomic E-state index is -0.110. The highest BCUT2D eigenvalue weighted by Gasteiger charge is 2.22. The maximum Gasteiger partial charge on any atom is 0.265 e. The van der Waals surface area contributed by atoms with E-state index in [2.05, 4.69) is 9.69 Å². The molecule has 3 N–H and O–H groups in total. The van der Waals surface area contributed by atoms with Crippen molar-refractivity contribution in [2.75, 3.05) is 12.8 Å². The zero-order chi connectivity index (χ0) is 16.2. The van der Waals surface area contributed by atoms with Gasteiger partial charge in [0.2, 0.25) is 0 Å². The first kappa shape index (κ1) is 15.8. The van der Waals surface area contributed by atoms with Crippen LogP contribution in [-0.4, -0.2) is 23.4 Å². The second kappa shape index (κ2) is 7.00. The predicted molar refractivity (Wildman–Crippen MR) is 92.9 cm³/mol. The van der Waals surface area contributed by atoms with Crippen molar-refractivity contribution in [3.05, 3.63) is 29.1 Å². The highest BCUT2D eigenvalue weighted by Crippen LogP contribution is 2.32. The molecule has 1 amide bonds. The van der Waals surface area contributed by atoms with Crippen molar-refractivity contribution in [3.8, 4) is 17.0 Å². The number of hydrogen-bond acceptors (Lipinski definition) is 5. The Bertz CT molecular complexity index is 693. The van der Waals surface area contributed by atoms with Crippen LogP contribution in [0, 0.1) is 0 Å². The summed E-state index contributed by atoms with van der Waals surface area (Å²) in [6.07, 6.45) is 5.71. The Morgan fingerprint density at radius 2 is 2.13 bits per heavy atom. The van der Waals surface area contributed by atoms with Crippen LogP contribution >= 0.6 is 11.5 Å². The number of benzene rings is 1. The number of nitrogens with one attached hydrogen (secondary N) is 1. The quantitative estimate of drug-likeness (QED) is 0.899. The van der Waals surface area contributed by atoms with Gasteiger partial charge in [-0.2, -0.15) is 4.37 Å². The van der Waals surface area contributed by atoms with E-state index < -0.39 is 0 Å². The highest BCUT2D eigenvalue weighted by molar-refractivity contribution is 7.09. The van der Waals surface area contributed by atoms with Gasteiger partial charge in [0.1, 0.15) is 16.3 Å². The van der Waals surface area contributed by atoms with Gasteiger partial charge in [-0.25, -0.2) is 0 Å². The monoisotopic (exact) mass is 331 g/mol. The van der Waals surface area contributed by atoms with Crippen LogP contribution in [0.5, 0.6) is 5.75 Å². The van der Waals surface area contributed by atoms with Gasteiger partial charge in [0, 0.05) is 11.6 Å². The van der Waals surface area contributed by atoms with E-state index in [1.807, 2.05) is 24.3 Å². The lowest BCUT2D eigenvalue weighted by Crippen LogP contribution is -2.36. The molecule has 1 aliphatic carbocycles. The molecule has 0 atom stereocenters. The summed E-state index contributed by atoms with van der Waals surface area (Å²) in [7, 11) is 1.62. The Balaban J connectivity index is 1.79. The SMILES string of the molecule is COc1cccc(-c2nsc(C(=O)NC3CCCCC3)c2N)c1. The summed E-state index contributed by atoms with van der Waals surface area (Å²) < 4.78 is 9.60. The molecule has 0 unspecified atom stereocenters. The van der Waals surface area contributed by atoms with Crippen molar-refractivity contribution in [2.45, 2.75) is 38.1 Å². The fourth-order valence-corrected chi connectivity index (χ4v) is 3.66. The third kappa shape index (κ3) is 3.47. The summed E-state index contributed by atoms with van der Waals surface area (Å²) in [5.74, 6) is 0.629. The smallest absolute Gasteiger partial charge is 0.265 e. The molecule has 1 aliphatic rings. The summed E-state index contributed by atoms with van der Waals surface area (Å²) in [5, 5.41) is 3.09. The largest absolute Gasteiger partial charge is 0.497 e. The number of aromatic nitrogens is 1. The molecule has 122 valence electrons. The van der Waals surface area contributed by atoms with Gasteiger partial charge in [-0.1, -0.05) is 31.4 Å². The lowest BCUT2D eigenvalue weighted by molar-refractivity contribution is 0.0932. The first-order valence-electron chi connectivity index (χ1n) is 7.89. The van der Waals surface area contributed by atoms with E-state index in [4.69, 9.17) is 10.5 Å². The van der Waals surface area contributed by atoms with E-state index >= 15 is 0 Å². The molecule has 5 nitrogen and oxygen atoms in total. The Kier molecular flexibility index (Phi) is 4.81. The third-order valence-electron chi connectivity index (χ3n) is 4.22. The van der Waals surface area contributed by atoms with Crippen molar-refractivity contribution in [1.82, 2.24) is 9.69 Å². The van der Waals surface area contributed by atoms with Crippen LogP contribution in [0.2, 0.25) is 0 Å². The minimum Gasteiger partial charge on any atom is -0.497 e. The van der Waals surface area contributed by atoms with E-state index in [-0.39, 0.29) is 11.9 Å². The number of ether oxygens (including phenoxy) is 1. The summed E-state index contributed by atoms with van der Waals surface area (Å²) in [6.45, 7) is 0. The van der Waals surface area contributed by atoms with Crippen LogP contribution in [0.3, 0.4) is 0 Å². The van der Waals surface area contributed by atoms with Gasteiger partial charge >= 0.3 is 0 Å². The number of amides is 1. The Hall–Kier alpha value is -2.08. The molecule has 1 aromatic heterocycles. The van der Waals surface area contributed by atoms with E-state index in [9.17, 15) is 4.79 Å². The number of rotatable bonds is 4. The van der Waals surface area contributed by atoms with Gasteiger partial charge in [0.05, 0.1) is 12.8 Å². The van der Waals surface area contributed by atoms with Gasteiger partial charge in [0.15, 0.2) is 0 Å². The fourth-order valence-electron chi connectivity index (χ4n) is 2.94. The average Bonchev–Trinajstić information content (AvgIpc) is 2.97. The lowest BCUT2D eigenvalue weighted by Gasteiger charge is -2.22. The van der Waals surface area contributed by atoms with Gasteiger partial charge < -0.3 is 15.8 Å². The molecule has 1 saturated carbocycles. The zero-order valence-corrected chi connectivity index (χ0v) is 14.0. The number of carbonyl (C=O) groups is 1. The molecule has 0 saturated heterocycles. The standard InChI is InChI=1S/C17H21N3O2S/c1-22-13-9-5-6-11(10-13)15-14(18)16(23-20-15)17(21)19-12-7-3-2-4-8-12/h5-6,9-10,12H,2-4,7-8,18H2,1H3,(H,19,21). The molecule has 6 heteroatoms. The van der Waals surface area contributed by atoms with E-state index in [0.717, 1.165) is 35.7 Å². The van der Waals surface area contributed by atoms with Gasteiger partial charge in [0.25, 0.3) is 5.91 Å². The molecule has 0 aliphatic heterocycles. The first-order chi connectivity index (χ1) is 11.2. The van der Waals surface area contributed by atoms with Crippen LogP contribution in [0.25, 0.3) is 11.3 Å². The fraction of sp³-hybridized carbons (Fsp3) is 0.412. The maximum atomic E-state index is 12.5. The normalized spacial score (nSPS) is 15.3. The molecule has 2 aromatic rings. The molecule has 0 radical (unpaired) electrons. The van der Waals surface area contributed by atoms with Crippen molar-refractivity contribution < 1.29 is 9.53 Å². The Labute approximate surface area is 140 Å². The molecular formula is C17H21N3O2S. The molecule has 23 heavy (non-hydrogen) atoms. The summed E-state index contributed by atoms with van der Waals surface area (Å²) in [4.78, 5) is 12.9. The number of carbonyl (C=O) groups excluding carboxylic acids is 1. The first-order valence-corrected chi connectivity index (χ1v) is 8.67. The van der Waals surface area contributed by atoms with Gasteiger partial charge in [-0.05, 0) is 36.5 Å². The molecule has 0 spiro atoms. The topological polar surface area (TPSA) is 77.2 Å². The lowest BCUT2D eigenvalue weighted by atomic mass is 9.95. The van der Waals surface area contributed by atoms with Crippen molar-refractivity contribution in [1.29, 1.82) is 0 Å². The van der Waals surface area contributed by atoms with Crippen LogP contribution in [0.4, 0.5) is 5.69 Å². The Morgan fingerprint density at radius 1 is 1.35 bits per heavy atom. The second-order valence-corrected chi connectivity index (χ2v) is 6.59.